The molecule has 0 saturated carbocycles. The Hall–Kier alpha value is -3.14. The maximum Gasteiger partial charge on any atom is 0.261 e. The van der Waals surface area contributed by atoms with Gasteiger partial charge in [0.2, 0.25) is 0 Å². The number of rotatable bonds is 4. The number of imide groups is 1. The molecule has 0 unspecified atom stereocenters. The molecule has 0 aliphatic carbocycles. The van der Waals surface area contributed by atoms with E-state index in [2.05, 4.69) is 4.57 Å². The predicted molar refractivity (Wildman–Crippen MR) is 90.6 cm³/mol. The molecule has 4 nitrogen and oxygen atoms in total. The molecule has 24 heavy (non-hydrogen) atoms. The molecule has 0 saturated heterocycles. The van der Waals surface area contributed by atoms with Crippen molar-refractivity contribution in [2.45, 2.75) is 13.1 Å². The van der Waals surface area contributed by atoms with E-state index in [1.807, 2.05) is 48.8 Å². The summed E-state index contributed by atoms with van der Waals surface area (Å²) in [6.07, 6.45) is 4.00. The van der Waals surface area contributed by atoms with Crippen LogP contribution in [0.15, 0.2) is 73.1 Å². The smallest absolute Gasteiger partial charge is 0.261 e. The lowest BCUT2D eigenvalue weighted by molar-refractivity contribution is 0.0642. The fourth-order valence-corrected chi connectivity index (χ4v) is 3.09. The molecule has 0 N–H and O–H groups in total. The Morgan fingerprint density at radius 2 is 1.12 bits per heavy atom. The summed E-state index contributed by atoms with van der Waals surface area (Å²) >= 11 is 0. The van der Waals surface area contributed by atoms with E-state index in [1.165, 1.54) is 4.90 Å². The number of hydrogen-bond donors (Lipinski definition) is 0. The quantitative estimate of drug-likeness (QED) is 0.693. The van der Waals surface area contributed by atoms with Crippen LogP contribution in [-0.4, -0.2) is 21.3 Å². The molecule has 2 heterocycles. The number of carbonyl (C=O) groups excluding carboxylic acids is 2. The summed E-state index contributed by atoms with van der Waals surface area (Å²) < 4.78 is 2.07. The van der Waals surface area contributed by atoms with Crippen molar-refractivity contribution in [3.05, 3.63) is 95.3 Å². The van der Waals surface area contributed by atoms with Crippen LogP contribution in [0.3, 0.4) is 0 Å². The van der Waals surface area contributed by atoms with E-state index in [0.717, 1.165) is 11.1 Å². The highest BCUT2D eigenvalue weighted by atomic mass is 16.2. The van der Waals surface area contributed by atoms with Gasteiger partial charge in [0.1, 0.15) is 0 Å². The molecule has 2 amide bonds. The third-order valence-electron chi connectivity index (χ3n) is 4.34. The minimum Gasteiger partial charge on any atom is -0.350 e. The van der Waals surface area contributed by atoms with Crippen LogP contribution < -0.4 is 0 Å². The third kappa shape index (κ3) is 2.42. The average molecular weight is 316 g/mol. The molecule has 0 bridgehead atoms. The summed E-state index contributed by atoms with van der Waals surface area (Å²) in [4.78, 5) is 26.4. The van der Waals surface area contributed by atoms with Crippen LogP contribution in [0.25, 0.3) is 0 Å². The molecule has 1 aliphatic rings. The largest absolute Gasteiger partial charge is 0.350 e. The molecule has 0 radical (unpaired) electrons. The van der Waals surface area contributed by atoms with Crippen LogP contribution in [-0.2, 0) is 13.1 Å². The Kier molecular flexibility index (Phi) is 3.50. The Bertz CT molecular complexity index is 878. The lowest BCUT2D eigenvalue weighted by atomic mass is 10.1. The molecule has 0 spiro atoms. The molecule has 0 atom stereocenters. The van der Waals surface area contributed by atoms with Gasteiger partial charge in [0.05, 0.1) is 17.7 Å². The van der Waals surface area contributed by atoms with Gasteiger partial charge in [-0.15, -0.1) is 0 Å². The molecule has 3 aromatic rings. The SMILES string of the molecule is O=C1c2ccccc2C(=O)N1Cc1ccccc1Cn1cccc1. The van der Waals surface area contributed by atoms with E-state index in [0.29, 0.717) is 24.2 Å². The second-order valence-electron chi connectivity index (χ2n) is 5.87. The fourth-order valence-electron chi connectivity index (χ4n) is 3.09. The Labute approximate surface area is 140 Å². The molecule has 4 rings (SSSR count). The van der Waals surface area contributed by atoms with E-state index in [1.54, 1.807) is 24.3 Å². The van der Waals surface area contributed by atoms with Gasteiger partial charge in [-0.3, -0.25) is 14.5 Å². The second-order valence-corrected chi connectivity index (χ2v) is 5.87. The van der Waals surface area contributed by atoms with Gasteiger partial charge in [-0.05, 0) is 35.4 Å². The number of hydrogen-bond acceptors (Lipinski definition) is 2. The number of fused-ring (bicyclic) bond motifs is 1. The van der Waals surface area contributed by atoms with Crippen molar-refractivity contribution in [3.8, 4) is 0 Å². The molecule has 4 heteroatoms. The zero-order chi connectivity index (χ0) is 16.5. The number of aromatic nitrogens is 1. The first kappa shape index (κ1) is 14.5. The van der Waals surface area contributed by atoms with E-state index >= 15 is 0 Å². The minimum absolute atomic E-state index is 0.216. The molecule has 0 fully saturated rings. The fraction of sp³-hybridized carbons (Fsp3) is 0.100. The number of amides is 2. The predicted octanol–water partition coefficient (Wildman–Crippen LogP) is 3.33. The molecule has 2 aromatic carbocycles. The van der Waals surface area contributed by atoms with Gasteiger partial charge in [0.15, 0.2) is 0 Å². The van der Waals surface area contributed by atoms with Gasteiger partial charge in [-0.2, -0.15) is 0 Å². The summed E-state index contributed by atoms with van der Waals surface area (Å²) in [5.74, 6) is -0.433. The van der Waals surface area contributed by atoms with Crippen molar-refractivity contribution in [1.29, 1.82) is 0 Å². The number of nitrogens with zero attached hydrogens (tertiary/aromatic N) is 2. The Balaban J connectivity index is 1.63. The highest BCUT2D eigenvalue weighted by Crippen LogP contribution is 2.25. The first-order chi connectivity index (χ1) is 11.7. The van der Waals surface area contributed by atoms with Gasteiger partial charge in [-0.1, -0.05) is 36.4 Å². The summed E-state index contributed by atoms with van der Waals surface area (Å²) in [7, 11) is 0. The zero-order valence-electron chi connectivity index (χ0n) is 13.1. The molecular formula is C20H16N2O2. The van der Waals surface area contributed by atoms with Gasteiger partial charge >= 0.3 is 0 Å². The van der Waals surface area contributed by atoms with Crippen molar-refractivity contribution in [1.82, 2.24) is 9.47 Å². The van der Waals surface area contributed by atoms with E-state index < -0.39 is 0 Å². The van der Waals surface area contributed by atoms with Crippen LogP contribution in [0.2, 0.25) is 0 Å². The van der Waals surface area contributed by atoms with Gasteiger partial charge in [0, 0.05) is 18.9 Å². The first-order valence-electron chi connectivity index (χ1n) is 7.87. The number of benzene rings is 2. The lowest BCUT2D eigenvalue weighted by Crippen LogP contribution is -2.29. The van der Waals surface area contributed by atoms with Gasteiger partial charge in [-0.25, -0.2) is 0 Å². The van der Waals surface area contributed by atoms with Crippen LogP contribution >= 0.6 is 0 Å². The normalized spacial score (nSPS) is 13.4. The van der Waals surface area contributed by atoms with Gasteiger partial charge in [0.25, 0.3) is 11.8 Å². The lowest BCUT2D eigenvalue weighted by Gasteiger charge is -2.17. The van der Waals surface area contributed by atoms with Crippen molar-refractivity contribution in [2.24, 2.45) is 0 Å². The van der Waals surface area contributed by atoms with Crippen molar-refractivity contribution in [3.63, 3.8) is 0 Å². The monoisotopic (exact) mass is 316 g/mol. The minimum atomic E-state index is -0.216. The highest BCUT2D eigenvalue weighted by Gasteiger charge is 2.35. The zero-order valence-corrected chi connectivity index (χ0v) is 13.1. The molecule has 1 aliphatic heterocycles. The molecular weight excluding hydrogens is 300 g/mol. The standard InChI is InChI=1S/C20H16N2O2/c23-19-17-9-3-4-10-18(17)20(24)22(19)14-16-8-2-1-7-15(16)13-21-11-5-6-12-21/h1-12H,13-14H2. The summed E-state index contributed by atoms with van der Waals surface area (Å²) in [6.45, 7) is 1.01. The van der Waals surface area contributed by atoms with Crippen LogP contribution in [0.4, 0.5) is 0 Å². The summed E-state index contributed by atoms with van der Waals surface area (Å²) in [5.41, 5.74) is 3.07. The van der Waals surface area contributed by atoms with Gasteiger partial charge < -0.3 is 4.57 Å². The maximum absolute atomic E-state index is 12.5. The van der Waals surface area contributed by atoms with Crippen LogP contribution in [0.1, 0.15) is 31.8 Å². The maximum atomic E-state index is 12.5. The van der Waals surface area contributed by atoms with Crippen molar-refractivity contribution in [2.75, 3.05) is 0 Å². The van der Waals surface area contributed by atoms with Crippen LogP contribution in [0.5, 0.6) is 0 Å². The van der Waals surface area contributed by atoms with Crippen molar-refractivity contribution < 1.29 is 9.59 Å². The average Bonchev–Trinajstić information content (AvgIpc) is 3.20. The molecule has 1 aromatic heterocycles. The van der Waals surface area contributed by atoms with E-state index in [4.69, 9.17) is 0 Å². The third-order valence-corrected chi connectivity index (χ3v) is 4.34. The Morgan fingerprint density at radius 3 is 1.71 bits per heavy atom. The first-order valence-corrected chi connectivity index (χ1v) is 7.87. The highest BCUT2D eigenvalue weighted by molar-refractivity contribution is 6.21. The summed E-state index contributed by atoms with van der Waals surface area (Å²) in [5, 5.41) is 0. The van der Waals surface area contributed by atoms with Crippen molar-refractivity contribution >= 4 is 11.8 Å². The second kappa shape index (κ2) is 5.81. The Morgan fingerprint density at radius 1 is 0.625 bits per heavy atom. The molecule has 118 valence electrons. The van der Waals surface area contributed by atoms with E-state index in [9.17, 15) is 9.59 Å². The number of carbonyl (C=O) groups is 2. The topological polar surface area (TPSA) is 42.3 Å². The summed E-state index contributed by atoms with van der Waals surface area (Å²) in [6, 6.07) is 18.9. The van der Waals surface area contributed by atoms with Crippen LogP contribution in [0, 0.1) is 0 Å². The van der Waals surface area contributed by atoms with E-state index in [-0.39, 0.29) is 11.8 Å².